The van der Waals surface area contributed by atoms with Crippen LogP contribution in [0, 0.1) is 0 Å². The highest BCUT2D eigenvalue weighted by Crippen LogP contribution is 2.27. The Labute approximate surface area is 157 Å². The summed E-state index contributed by atoms with van der Waals surface area (Å²) >= 11 is 6.07. The van der Waals surface area contributed by atoms with Gasteiger partial charge < -0.3 is 9.64 Å². The van der Waals surface area contributed by atoms with Crippen LogP contribution < -0.4 is 4.74 Å². The Kier molecular flexibility index (Phi) is 5.42. The van der Waals surface area contributed by atoms with Gasteiger partial charge >= 0.3 is 0 Å². The number of nitrogens with zero attached hydrogens (tertiary/aromatic N) is 4. The van der Waals surface area contributed by atoms with Crippen molar-refractivity contribution in [3.05, 3.63) is 47.2 Å². The number of ether oxygens (including phenoxy) is 1. The predicted octanol–water partition coefficient (Wildman–Crippen LogP) is 3.47. The first-order valence-corrected chi connectivity index (χ1v) is 8.91. The summed E-state index contributed by atoms with van der Waals surface area (Å²) < 4.78 is 6.87. The molecule has 7 heteroatoms. The number of likely N-dealkylation sites (N-methyl/N-ethyl adjacent to an activating group) is 1. The Morgan fingerprint density at radius 2 is 1.85 bits per heavy atom. The quantitative estimate of drug-likeness (QED) is 0.664. The molecule has 0 spiro atoms. The Balaban J connectivity index is 2.10. The molecule has 0 radical (unpaired) electrons. The van der Waals surface area contributed by atoms with Crippen molar-refractivity contribution < 1.29 is 9.53 Å². The van der Waals surface area contributed by atoms with Crippen LogP contribution in [0.5, 0.6) is 5.75 Å². The highest BCUT2D eigenvalue weighted by Gasteiger charge is 2.20. The van der Waals surface area contributed by atoms with E-state index in [1.165, 1.54) is 0 Å². The molecule has 3 rings (SSSR count). The molecule has 1 amide bonds. The number of hydrogen-bond acceptors (Lipinski definition) is 4. The third kappa shape index (κ3) is 3.51. The molecule has 0 aliphatic rings. The lowest BCUT2D eigenvalue weighted by Gasteiger charge is -2.18. The summed E-state index contributed by atoms with van der Waals surface area (Å²) in [6.07, 6.45) is 0.206. The van der Waals surface area contributed by atoms with Gasteiger partial charge in [-0.05, 0) is 50.2 Å². The number of imidazole rings is 1. The van der Waals surface area contributed by atoms with Crippen LogP contribution in [0.2, 0.25) is 5.15 Å². The lowest BCUT2D eigenvalue weighted by atomic mass is 10.1. The van der Waals surface area contributed by atoms with Gasteiger partial charge in [0.2, 0.25) is 5.91 Å². The number of carbonyl (C=O) groups excluding carboxylic acids is 1. The van der Waals surface area contributed by atoms with Crippen LogP contribution in [0.4, 0.5) is 0 Å². The standard InChI is InChI=1S/C19H21ClN4O2/c1-4-23(5-2)18(25)12-15-19(13-6-8-14(26-3)9-7-13)21-17-11-10-16(20)22-24(15)17/h6-11H,4-5,12H2,1-3H3. The molecule has 0 fully saturated rings. The Bertz CT molecular complexity index is 917. The van der Waals surface area contributed by atoms with Crippen molar-refractivity contribution in [1.29, 1.82) is 0 Å². The third-order valence-electron chi connectivity index (χ3n) is 4.34. The first-order chi connectivity index (χ1) is 12.6. The Hall–Kier alpha value is -2.60. The first-order valence-electron chi connectivity index (χ1n) is 8.53. The fourth-order valence-corrected chi connectivity index (χ4v) is 3.07. The van der Waals surface area contributed by atoms with Crippen molar-refractivity contribution in [2.45, 2.75) is 20.3 Å². The van der Waals surface area contributed by atoms with Crippen LogP contribution in [0.15, 0.2) is 36.4 Å². The summed E-state index contributed by atoms with van der Waals surface area (Å²) in [6.45, 7) is 5.26. The lowest BCUT2D eigenvalue weighted by Crippen LogP contribution is -2.32. The molecular formula is C19H21ClN4O2. The molecule has 0 atom stereocenters. The number of benzene rings is 1. The van der Waals surface area contributed by atoms with E-state index in [2.05, 4.69) is 10.1 Å². The van der Waals surface area contributed by atoms with Crippen LogP contribution in [0.25, 0.3) is 16.9 Å². The molecule has 2 heterocycles. The van der Waals surface area contributed by atoms with Gasteiger partial charge in [-0.3, -0.25) is 4.79 Å². The number of hydrogen-bond donors (Lipinski definition) is 0. The zero-order valence-corrected chi connectivity index (χ0v) is 15.8. The Morgan fingerprint density at radius 3 is 2.46 bits per heavy atom. The highest BCUT2D eigenvalue weighted by molar-refractivity contribution is 6.29. The molecule has 1 aromatic carbocycles. The second kappa shape index (κ2) is 7.74. The minimum absolute atomic E-state index is 0.0355. The summed E-state index contributed by atoms with van der Waals surface area (Å²) in [5, 5.41) is 4.70. The largest absolute Gasteiger partial charge is 0.497 e. The molecule has 6 nitrogen and oxygen atoms in total. The third-order valence-corrected chi connectivity index (χ3v) is 4.54. The average molecular weight is 373 g/mol. The monoisotopic (exact) mass is 372 g/mol. The first kappa shape index (κ1) is 18.2. The van der Waals surface area contributed by atoms with Crippen molar-refractivity contribution in [3.63, 3.8) is 0 Å². The zero-order chi connectivity index (χ0) is 18.7. The normalized spacial score (nSPS) is 10.9. The van der Waals surface area contributed by atoms with E-state index in [-0.39, 0.29) is 12.3 Å². The van der Waals surface area contributed by atoms with Gasteiger partial charge in [-0.1, -0.05) is 11.6 Å². The molecule has 0 bridgehead atoms. The summed E-state index contributed by atoms with van der Waals surface area (Å²) in [5.74, 6) is 0.799. The van der Waals surface area contributed by atoms with E-state index in [9.17, 15) is 4.79 Å². The average Bonchev–Trinajstić information content (AvgIpc) is 3.00. The van der Waals surface area contributed by atoms with Gasteiger partial charge in [0.05, 0.1) is 24.9 Å². The maximum absolute atomic E-state index is 12.7. The van der Waals surface area contributed by atoms with Crippen molar-refractivity contribution in [3.8, 4) is 17.0 Å². The van der Waals surface area contributed by atoms with E-state index < -0.39 is 0 Å². The van der Waals surface area contributed by atoms with E-state index in [0.29, 0.717) is 23.9 Å². The van der Waals surface area contributed by atoms with Crippen molar-refractivity contribution in [2.24, 2.45) is 0 Å². The molecule has 136 valence electrons. The summed E-state index contributed by atoms with van der Waals surface area (Å²) in [5.41, 5.74) is 3.00. The molecule has 0 aliphatic carbocycles. The number of amides is 1. The summed E-state index contributed by atoms with van der Waals surface area (Å²) in [6, 6.07) is 11.1. The molecule has 0 N–H and O–H groups in total. The fourth-order valence-electron chi connectivity index (χ4n) is 2.93. The minimum Gasteiger partial charge on any atom is -0.497 e. The van der Waals surface area contributed by atoms with E-state index in [1.807, 2.05) is 38.1 Å². The van der Waals surface area contributed by atoms with E-state index in [1.54, 1.807) is 28.7 Å². The zero-order valence-electron chi connectivity index (χ0n) is 15.1. The van der Waals surface area contributed by atoms with E-state index >= 15 is 0 Å². The van der Waals surface area contributed by atoms with Gasteiger partial charge in [0.1, 0.15) is 10.9 Å². The lowest BCUT2D eigenvalue weighted by molar-refractivity contribution is -0.130. The van der Waals surface area contributed by atoms with Crippen molar-refractivity contribution in [2.75, 3.05) is 20.2 Å². The van der Waals surface area contributed by atoms with Crippen LogP contribution >= 0.6 is 11.6 Å². The number of halogens is 1. The molecule has 2 aromatic heterocycles. The van der Waals surface area contributed by atoms with Gasteiger partial charge in [-0.15, -0.1) is 0 Å². The van der Waals surface area contributed by atoms with E-state index in [0.717, 1.165) is 22.7 Å². The number of rotatable bonds is 6. The van der Waals surface area contributed by atoms with Gasteiger partial charge in [0.15, 0.2) is 5.65 Å². The highest BCUT2D eigenvalue weighted by atomic mass is 35.5. The fraction of sp³-hybridized carbons (Fsp3) is 0.316. The molecule has 0 saturated heterocycles. The molecule has 3 aromatic rings. The Morgan fingerprint density at radius 1 is 1.15 bits per heavy atom. The number of aromatic nitrogens is 3. The minimum atomic E-state index is 0.0355. The molecule has 0 unspecified atom stereocenters. The molecular weight excluding hydrogens is 352 g/mol. The number of methoxy groups -OCH3 is 1. The predicted molar refractivity (Wildman–Crippen MR) is 102 cm³/mol. The molecule has 0 aliphatic heterocycles. The van der Waals surface area contributed by atoms with Gasteiger partial charge in [0.25, 0.3) is 0 Å². The second-order valence-electron chi connectivity index (χ2n) is 5.80. The summed E-state index contributed by atoms with van der Waals surface area (Å²) in [7, 11) is 1.63. The van der Waals surface area contributed by atoms with Crippen molar-refractivity contribution >= 4 is 23.2 Å². The van der Waals surface area contributed by atoms with Gasteiger partial charge in [-0.25, -0.2) is 9.50 Å². The van der Waals surface area contributed by atoms with Crippen molar-refractivity contribution in [1.82, 2.24) is 19.5 Å². The summed E-state index contributed by atoms with van der Waals surface area (Å²) in [4.78, 5) is 19.2. The number of carbonyl (C=O) groups is 1. The van der Waals surface area contributed by atoms with E-state index in [4.69, 9.17) is 16.3 Å². The SMILES string of the molecule is CCN(CC)C(=O)Cc1c(-c2ccc(OC)cc2)nc2ccc(Cl)nn12. The maximum atomic E-state index is 12.7. The second-order valence-corrected chi connectivity index (χ2v) is 6.19. The molecule has 0 saturated carbocycles. The van der Waals surface area contributed by atoms with Crippen LogP contribution in [0.3, 0.4) is 0 Å². The van der Waals surface area contributed by atoms with Gasteiger partial charge in [-0.2, -0.15) is 5.10 Å². The van der Waals surface area contributed by atoms with Gasteiger partial charge in [0, 0.05) is 18.7 Å². The topological polar surface area (TPSA) is 59.7 Å². The van der Waals surface area contributed by atoms with Crippen LogP contribution in [-0.4, -0.2) is 45.6 Å². The smallest absolute Gasteiger partial charge is 0.228 e. The van der Waals surface area contributed by atoms with Crippen LogP contribution in [-0.2, 0) is 11.2 Å². The number of fused-ring (bicyclic) bond motifs is 1. The maximum Gasteiger partial charge on any atom is 0.228 e. The van der Waals surface area contributed by atoms with Crippen LogP contribution in [0.1, 0.15) is 19.5 Å². The molecule has 26 heavy (non-hydrogen) atoms.